The lowest BCUT2D eigenvalue weighted by molar-refractivity contribution is 0.0745. The van der Waals surface area contributed by atoms with Gasteiger partial charge in [-0.1, -0.05) is 32.4 Å². The van der Waals surface area contributed by atoms with E-state index in [9.17, 15) is 5.11 Å². The molecule has 0 aromatic carbocycles. The van der Waals surface area contributed by atoms with E-state index in [1.54, 1.807) is 13.0 Å². The second-order valence-electron chi connectivity index (χ2n) is 4.89. The van der Waals surface area contributed by atoms with Crippen LogP contribution in [0, 0.1) is 12.3 Å². The molecule has 0 saturated carbocycles. The largest absolute Gasteiger partial charge is 0.391 e. The summed E-state index contributed by atoms with van der Waals surface area (Å²) in [5, 5.41) is 13.3. The van der Waals surface area contributed by atoms with Crippen molar-refractivity contribution < 1.29 is 5.11 Å². The molecule has 1 rings (SSSR count). The fourth-order valence-corrected chi connectivity index (χ4v) is 1.35. The number of rotatable bonds is 3. The van der Waals surface area contributed by atoms with Gasteiger partial charge in [-0.05, 0) is 12.3 Å². The van der Waals surface area contributed by atoms with Gasteiger partial charge in [-0.15, -0.1) is 0 Å². The van der Waals surface area contributed by atoms with Crippen LogP contribution in [0.5, 0.6) is 0 Å². The highest BCUT2D eigenvalue weighted by molar-refractivity contribution is 6.29. The molecule has 0 saturated heterocycles. The van der Waals surface area contributed by atoms with E-state index in [1.807, 2.05) is 20.8 Å². The number of hydrogen-bond acceptors (Lipinski definition) is 4. The first-order valence-electron chi connectivity index (χ1n) is 5.22. The van der Waals surface area contributed by atoms with Crippen molar-refractivity contribution in [3.63, 3.8) is 0 Å². The third-order valence-corrected chi connectivity index (χ3v) is 2.48. The molecule has 0 aliphatic heterocycles. The summed E-state index contributed by atoms with van der Waals surface area (Å²) in [6.45, 7) is 8.17. The SMILES string of the molecule is Cc1nc(Cl)cc(NC[C@@H](O)C(C)(C)C)n1. The van der Waals surface area contributed by atoms with E-state index >= 15 is 0 Å². The van der Waals surface area contributed by atoms with Crippen molar-refractivity contribution in [1.82, 2.24) is 9.97 Å². The monoisotopic (exact) mass is 243 g/mol. The quantitative estimate of drug-likeness (QED) is 0.800. The smallest absolute Gasteiger partial charge is 0.134 e. The predicted molar refractivity (Wildman–Crippen MR) is 65.7 cm³/mol. The number of nitrogens with zero attached hydrogens (tertiary/aromatic N) is 2. The number of aliphatic hydroxyl groups is 1. The normalized spacial score (nSPS) is 13.6. The van der Waals surface area contributed by atoms with Crippen molar-refractivity contribution in [3.05, 3.63) is 17.0 Å². The zero-order valence-corrected chi connectivity index (χ0v) is 10.8. The highest BCUT2D eigenvalue weighted by atomic mass is 35.5. The topological polar surface area (TPSA) is 58.0 Å². The van der Waals surface area contributed by atoms with Gasteiger partial charge in [-0.2, -0.15) is 0 Å². The van der Waals surface area contributed by atoms with E-state index < -0.39 is 6.10 Å². The van der Waals surface area contributed by atoms with Crippen LogP contribution in [0.15, 0.2) is 6.07 Å². The summed E-state index contributed by atoms with van der Waals surface area (Å²) in [6.07, 6.45) is -0.443. The van der Waals surface area contributed by atoms with Gasteiger partial charge < -0.3 is 10.4 Å². The zero-order valence-electron chi connectivity index (χ0n) is 10.1. The summed E-state index contributed by atoms with van der Waals surface area (Å²) in [4.78, 5) is 8.13. The first kappa shape index (κ1) is 13.2. The minimum absolute atomic E-state index is 0.154. The van der Waals surface area contributed by atoms with Gasteiger partial charge in [0.2, 0.25) is 0 Å². The van der Waals surface area contributed by atoms with Gasteiger partial charge in [0.05, 0.1) is 6.10 Å². The van der Waals surface area contributed by atoms with Gasteiger partial charge in [0.25, 0.3) is 0 Å². The van der Waals surface area contributed by atoms with E-state index in [0.29, 0.717) is 23.3 Å². The Labute approximate surface area is 101 Å². The van der Waals surface area contributed by atoms with Crippen LogP contribution in [0.2, 0.25) is 5.15 Å². The number of aromatic nitrogens is 2. The minimum Gasteiger partial charge on any atom is -0.391 e. The number of nitrogens with one attached hydrogen (secondary N) is 1. The molecule has 0 radical (unpaired) electrons. The average Bonchev–Trinajstić information content (AvgIpc) is 2.11. The third kappa shape index (κ3) is 3.94. The van der Waals surface area contributed by atoms with Crippen molar-refractivity contribution in [3.8, 4) is 0 Å². The molecule has 1 heterocycles. The van der Waals surface area contributed by atoms with Gasteiger partial charge in [0, 0.05) is 12.6 Å². The Morgan fingerprint density at radius 1 is 1.44 bits per heavy atom. The fraction of sp³-hybridized carbons (Fsp3) is 0.636. The van der Waals surface area contributed by atoms with Crippen LogP contribution >= 0.6 is 11.6 Å². The molecule has 90 valence electrons. The fourth-order valence-electron chi connectivity index (χ4n) is 1.13. The molecule has 0 amide bonds. The van der Waals surface area contributed by atoms with Crippen molar-refractivity contribution in [2.45, 2.75) is 33.8 Å². The third-order valence-electron chi connectivity index (χ3n) is 2.28. The Balaban J connectivity index is 2.61. The standard InChI is InChI=1S/C11H18ClN3O/c1-7-14-9(12)5-10(15-7)13-6-8(16)11(2,3)4/h5,8,16H,6H2,1-4H3,(H,13,14,15)/t8-/m1/s1. The molecule has 0 aliphatic carbocycles. The zero-order chi connectivity index (χ0) is 12.3. The number of aliphatic hydroxyl groups excluding tert-OH is 1. The summed E-state index contributed by atoms with van der Waals surface area (Å²) >= 11 is 5.80. The molecule has 2 N–H and O–H groups in total. The molecule has 0 aliphatic rings. The maximum Gasteiger partial charge on any atom is 0.134 e. The van der Waals surface area contributed by atoms with Crippen molar-refractivity contribution in [2.24, 2.45) is 5.41 Å². The van der Waals surface area contributed by atoms with Crippen LogP contribution in [-0.4, -0.2) is 27.7 Å². The maximum atomic E-state index is 9.85. The highest BCUT2D eigenvalue weighted by Gasteiger charge is 2.21. The summed E-state index contributed by atoms with van der Waals surface area (Å²) in [6, 6.07) is 1.64. The molecular formula is C11H18ClN3O. The van der Waals surface area contributed by atoms with Crippen LogP contribution in [0.25, 0.3) is 0 Å². The first-order valence-corrected chi connectivity index (χ1v) is 5.60. The van der Waals surface area contributed by atoms with Crippen LogP contribution in [0.1, 0.15) is 26.6 Å². The minimum atomic E-state index is -0.443. The molecule has 0 bridgehead atoms. The Bertz CT molecular complexity index is 342. The summed E-state index contributed by atoms with van der Waals surface area (Å²) < 4.78 is 0. The van der Waals surface area contributed by atoms with Gasteiger partial charge in [-0.25, -0.2) is 9.97 Å². The molecule has 1 aromatic rings. The van der Waals surface area contributed by atoms with E-state index in [2.05, 4.69) is 15.3 Å². The molecule has 1 aromatic heterocycles. The van der Waals surface area contributed by atoms with E-state index in [0.717, 1.165) is 0 Å². The second kappa shape index (κ2) is 4.97. The first-order chi connectivity index (χ1) is 7.29. The number of aryl methyl sites for hydroxylation is 1. The maximum absolute atomic E-state index is 9.85. The number of hydrogen-bond donors (Lipinski definition) is 2. The van der Waals surface area contributed by atoms with Crippen LogP contribution in [-0.2, 0) is 0 Å². The molecule has 16 heavy (non-hydrogen) atoms. The van der Waals surface area contributed by atoms with E-state index in [1.165, 1.54) is 0 Å². The molecule has 0 fully saturated rings. The van der Waals surface area contributed by atoms with Gasteiger partial charge in [0.1, 0.15) is 16.8 Å². The van der Waals surface area contributed by atoms with E-state index in [4.69, 9.17) is 11.6 Å². The molecule has 4 nitrogen and oxygen atoms in total. The number of anilines is 1. The molecule has 0 unspecified atom stereocenters. The molecule has 1 atom stereocenters. The Morgan fingerprint density at radius 2 is 2.06 bits per heavy atom. The van der Waals surface area contributed by atoms with Crippen molar-refractivity contribution in [2.75, 3.05) is 11.9 Å². The van der Waals surface area contributed by atoms with Crippen LogP contribution < -0.4 is 5.32 Å². The predicted octanol–water partition coefficient (Wildman–Crippen LogP) is 2.26. The summed E-state index contributed by atoms with van der Waals surface area (Å²) in [5.41, 5.74) is -0.154. The lowest BCUT2D eigenvalue weighted by atomic mass is 9.89. The van der Waals surface area contributed by atoms with Crippen LogP contribution in [0.3, 0.4) is 0 Å². The summed E-state index contributed by atoms with van der Waals surface area (Å²) in [7, 11) is 0. The Kier molecular flexibility index (Phi) is 4.10. The van der Waals surface area contributed by atoms with Gasteiger partial charge in [-0.3, -0.25) is 0 Å². The van der Waals surface area contributed by atoms with Gasteiger partial charge in [0.15, 0.2) is 0 Å². The van der Waals surface area contributed by atoms with Crippen LogP contribution in [0.4, 0.5) is 5.82 Å². The lowest BCUT2D eigenvalue weighted by Gasteiger charge is -2.26. The van der Waals surface area contributed by atoms with Gasteiger partial charge >= 0.3 is 0 Å². The lowest BCUT2D eigenvalue weighted by Crippen LogP contribution is -2.33. The average molecular weight is 244 g/mol. The van der Waals surface area contributed by atoms with E-state index in [-0.39, 0.29) is 5.41 Å². The van der Waals surface area contributed by atoms with Crippen molar-refractivity contribution in [1.29, 1.82) is 0 Å². The summed E-state index contributed by atoms with van der Waals surface area (Å²) in [5.74, 6) is 1.25. The molecule has 0 spiro atoms. The van der Waals surface area contributed by atoms with Crippen molar-refractivity contribution >= 4 is 17.4 Å². The molecule has 5 heteroatoms. The molecular weight excluding hydrogens is 226 g/mol. The Hall–Kier alpha value is -0.870. The highest BCUT2D eigenvalue weighted by Crippen LogP contribution is 2.19. The number of halogens is 1. The Morgan fingerprint density at radius 3 is 2.56 bits per heavy atom. The second-order valence-corrected chi connectivity index (χ2v) is 5.27.